The summed E-state index contributed by atoms with van der Waals surface area (Å²) in [5.41, 5.74) is -0.548. The molecular weight excluding hydrogens is 336 g/mol. The molecule has 1 aliphatic carbocycles. The summed E-state index contributed by atoms with van der Waals surface area (Å²) in [4.78, 5) is 13.0. The van der Waals surface area contributed by atoms with Crippen LogP contribution >= 0.6 is 11.8 Å². The van der Waals surface area contributed by atoms with E-state index in [9.17, 15) is 9.90 Å². The maximum atomic E-state index is 13.0. The van der Waals surface area contributed by atoms with E-state index in [0.717, 1.165) is 13.1 Å². The fourth-order valence-corrected chi connectivity index (χ4v) is 4.35. The van der Waals surface area contributed by atoms with E-state index in [1.165, 1.54) is 0 Å². The van der Waals surface area contributed by atoms with E-state index in [4.69, 9.17) is 11.8 Å². The van der Waals surface area contributed by atoms with Gasteiger partial charge in [0.2, 0.25) is 0 Å². The number of rotatable bonds is 5. The van der Waals surface area contributed by atoms with Gasteiger partial charge in [0.1, 0.15) is 0 Å². The zero-order valence-corrected chi connectivity index (χ0v) is 14.6. The van der Waals surface area contributed by atoms with Crippen LogP contribution in [0.15, 0.2) is 60.7 Å². The molecule has 25 heavy (non-hydrogen) atoms. The van der Waals surface area contributed by atoms with Crippen LogP contribution in [-0.2, 0) is 10.4 Å². The lowest BCUT2D eigenvalue weighted by Gasteiger charge is -2.28. The highest BCUT2D eigenvalue weighted by molar-refractivity contribution is 6.13. The first-order chi connectivity index (χ1) is 12.1. The number of carbonyl (C=O) groups excluding carboxylic acids is 1. The summed E-state index contributed by atoms with van der Waals surface area (Å²) in [6, 6.07) is 18.2. The molecule has 2 aromatic rings. The molecule has 5 heteroatoms. The predicted octanol–water partition coefficient (Wildman–Crippen LogP) is 2.37. The number of hydrogen-bond acceptors (Lipinski definition) is 3. The fraction of sp³-hybridized carbons (Fsp3) is 0.350. The van der Waals surface area contributed by atoms with E-state index >= 15 is 0 Å². The van der Waals surface area contributed by atoms with Gasteiger partial charge in [0, 0.05) is 19.6 Å². The van der Waals surface area contributed by atoms with E-state index in [1.54, 1.807) is 24.3 Å². The van der Waals surface area contributed by atoms with Gasteiger partial charge in [0.15, 0.2) is 5.60 Å². The number of nitrogens with zero attached hydrogens (tertiary/aromatic N) is 1. The number of piperidine rings is 1. The summed E-state index contributed by atoms with van der Waals surface area (Å²) < 4.78 is 1.82. The van der Waals surface area contributed by atoms with Crippen LogP contribution in [0.25, 0.3) is 0 Å². The van der Waals surface area contributed by atoms with Gasteiger partial charge in [-0.1, -0.05) is 60.7 Å². The van der Waals surface area contributed by atoms with Crippen molar-refractivity contribution in [3.8, 4) is 0 Å². The second kappa shape index (κ2) is 6.45. The van der Waals surface area contributed by atoms with Gasteiger partial charge in [0.25, 0.3) is 5.91 Å². The van der Waals surface area contributed by atoms with Crippen LogP contribution in [0.1, 0.15) is 11.1 Å². The normalized spacial score (nSPS) is 25.4. The Hall–Kier alpha value is -1.88. The Labute approximate surface area is 152 Å². The van der Waals surface area contributed by atoms with E-state index < -0.39 is 5.60 Å². The molecule has 1 amide bonds. The minimum atomic E-state index is -1.69. The first kappa shape index (κ1) is 16.6. The van der Waals surface area contributed by atoms with Crippen molar-refractivity contribution < 1.29 is 9.90 Å². The first-order valence-corrected chi connectivity index (χ1v) is 8.97. The summed E-state index contributed by atoms with van der Waals surface area (Å²) in [7, 11) is 0. The third-order valence-electron chi connectivity index (χ3n) is 5.54. The molecule has 2 unspecified atom stereocenters. The molecule has 2 aromatic carbocycles. The molecule has 2 aliphatic rings. The van der Waals surface area contributed by atoms with Gasteiger partial charge in [-0.3, -0.25) is 4.79 Å². The van der Waals surface area contributed by atoms with Crippen molar-refractivity contribution in [1.82, 2.24) is 9.74 Å². The lowest BCUT2D eigenvalue weighted by atomic mass is 9.85. The Morgan fingerprint density at radius 2 is 1.52 bits per heavy atom. The second-order valence-electron chi connectivity index (χ2n) is 6.97. The average Bonchev–Trinajstić information content (AvgIpc) is 3.12. The Morgan fingerprint density at radius 3 is 2.00 bits per heavy atom. The van der Waals surface area contributed by atoms with E-state index in [2.05, 4.69) is 5.32 Å². The third kappa shape index (κ3) is 2.95. The number of halogens is 1. The number of carbonyl (C=O) groups is 1. The molecule has 0 bridgehead atoms. The molecule has 4 nitrogen and oxygen atoms in total. The topological polar surface area (TPSA) is 52.6 Å². The molecule has 1 saturated carbocycles. The summed E-state index contributed by atoms with van der Waals surface area (Å²) in [6.45, 7) is 2.35. The molecule has 1 aliphatic heterocycles. The lowest BCUT2D eigenvalue weighted by Crippen LogP contribution is -2.46. The SMILES string of the molecule is O=C(NCC1C2CN(Cl)CC12)C(O)(c1ccccc1)c1ccccc1. The van der Waals surface area contributed by atoms with Crippen molar-refractivity contribution in [1.29, 1.82) is 0 Å². The number of nitrogens with one attached hydrogen (secondary N) is 1. The van der Waals surface area contributed by atoms with Crippen LogP contribution in [-0.4, -0.2) is 35.1 Å². The molecule has 0 aromatic heterocycles. The van der Waals surface area contributed by atoms with Crippen molar-refractivity contribution in [2.45, 2.75) is 5.60 Å². The van der Waals surface area contributed by atoms with Crippen molar-refractivity contribution >= 4 is 17.7 Å². The molecule has 0 radical (unpaired) electrons. The van der Waals surface area contributed by atoms with Crippen LogP contribution in [0.4, 0.5) is 0 Å². The number of amides is 1. The van der Waals surface area contributed by atoms with Gasteiger partial charge < -0.3 is 10.4 Å². The molecule has 130 valence electrons. The van der Waals surface area contributed by atoms with Crippen LogP contribution in [0.3, 0.4) is 0 Å². The number of fused-ring (bicyclic) bond motifs is 1. The zero-order valence-electron chi connectivity index (χ0n) is 13.8. The third-order valence-corrected chi connectivity index (χ3v) is 5.81. The van der Waals surface area contributed by atoms with Gasteiger partial charge in [-0.25, -0.2) is 4.42 Å². The highest BCUT2D eigenvalue weighted by Gasteiger charge is 2.55. The minimum Gasteiger partial charge on any atom is -0.372 e. The van der Waals surface area contributed by atoms with E-state index in [1.807, 2.05) is 40.8 Å². The Bertz CT molecular complexity index is 701. The monoisotopic (exact) mass is 356 g/mol. The first-order valence-electron chi connectivity index (χ1n) is 8.63. The van der Waals surface area contributed by atoms with Gasteiger partial charge in [0.05, 0.1) is 0 Å². The molecule has 1 saturated heterocycles. The minimum absolute atomic E-state index is 0.377. The smallest absolute Gasteiger partial charge is 0.261 e. The highest BCUT2D eigenvalue weighted by atomic mass is 35.5. The Balaban J connectivity index is 1.53. The van der Waals surface area contributed by atoms with Crippen LogP contribution in [0, 0.1) is 17.8 Å². The van der Waals surface area contributed by atoms with Crippen LogP contribution < -0.4 is 5.32 Å². The molecular formula is C20H21ClN2O2. The Morgan fingerprint density at radius 1 is 1.04 bits per heavy atom. The summed E-state index contributed by atoms with van der Waals surface area (Å²) in [5, 5.41) is 14.3. The van der Waals surface area contributed by atoms with Crippen molar-refractivity contribution in [3.05, 3.63) is 71.8 Å². The molecule has 4 rings (SSSR count). The Kier molecular flexibility index (Phi) is 4.28. The van der Waals surface area contributed by atoms with Gasteiger partial charge in [-0.15, -0.1) is 0 Å². The molecule has 2 atom stereocenters. The van der Waals surface area contributed by atoms with Crippen LogP contribution in [0.2, 0.25) is 0 Å². The predicted molar refractivity (Wildman–Crippen MR) is 96.8 cm³/mol. The number of benzene rings is 2. The standard InChI is InChI=1S/C20H21ClN2O2/c21-23-12-17-16(18(17)13-23)11-22-19(24)20(25,14-7-3-1-4-8-14)15-9-5-2-6-10-15/h1-10,16-18,25H,11-13H2,(H,22,24). The lowest BCUT2D eigenvalue weighted by molar-refractivity contribution is -0.136. The van der Waals surface area contributed by atoms with Crippen molar-refractivity contribution in [2.75, 3.05) is 19.6 Å². The van der Waals surface area contributed by atoms with Crippen LogP contribution in [0.5, 0.6) is 0 Å². The zero-order chi connectivity index (χ0) is 17.4. The van der Waals surface area contributed by atoms with E-state index in [-0.39, 0.29) is 5.91 Å². The average molecular weight is 357 g/mol. The van der Waals surface area contributed by atoms with Crippen molar-refractivity contribution in [3.63, 3.8) is 0 Å². The van der Waals surface area contributed by atoms with Gasteiger partial charge >= 0.3 is 0 Å². The second-order valence-corrected chi connectivity index (χ2v) is 7.45. The van der Waals surface area contributed by atoms with E-state index in [0.29, 0.717) is 35.4 Å². The summed E-state index contributed by atoms with van der Waals surface area (Å²) in [6.07, 6.45) is 0. The maximum Gasteiger partial charge on any atom is 0.261 e. The van der Waals surface area contributed by atoms with Crippen molar-refractivity contribution in [2.24, 2.45) is 17.8 Å². The molecule has 1 heterocycles. The molecule has 0 spiro atoms. The molecule has 2 N–H and O–H groups in total. The number of hydrogen-bond donors (Lipinski definition) is 2. The van der Waals surface area contributed by atoms with Gasteiger partial charge in [-0.2, -0.15) is 0 Å². The number of aliphatic hydroxyl groups is 1. The fourth-order valence-electron chi connectivity index (χ4n) is 4.03. The summed E-state index contributed by atoms with van der Waals surface area (Å²) >= 11 is 6.00. The quantitative estimate of drug-likeness (QED) is 0.809. The largest absolute Gasteiger partial charge is 0.372 e. The summed E-state index contributed by atoms with van der Waals surface area (Å²) in [5.74, 6) is 1.23. The van der Waals surface area contributed by atoms with Gasteiger partial charge in [-0.05, 0) is 40.7 Å². The highest BCUT2D eigenvalue weighted by Crippen LogP contribution is 2.51. The molecule has 2 fully saturated rings. The maximum absolute atomic E-state index is 13.0.